The van der Waals surface area contributed by atoms with Gasteiger partial charge in [0.1, 0.15) is 11.5 Å². The Morgan fingerprint density at radius 3 is 2.83 bits per heavy atom. The first kappa shape index (κ1) is 15.1. The molecule has 0 spiro atoms. The number of nitrogens with one attached hydrogen (secondary N) is 1. The molecule has 0 aliphatic carbocycles. The summed E-state index contributed by atoms with van der Waals surface area (Å²) in [4.78, 5) is 16.5. The number of aromatic nitrogens is 1. The van der Waals surface area contributed by atoms with E-state index in [2.05, 4.69) is 10.3 Å². The number of carbonyl (C=O) groups excluding carboxylic acids is 1. The van der Waals surface area contributed by atoms with Gasteiger partial charge in [-0.15, -0.1) is 0 Å². The molecule has 0 atom stereocenters. The van der Waals surface area contributed by atoms with E-state index in [1.165, 1.54) is 12.1 Å². The average Bonchev–Trinajstić information content (AvgIpc) is 2.60. The minimum absolute atomic E-state index is 0.208. The van der Waals surface area contributed by atoms with E-state index in [1.54, 1.807) is 12.3 Å². The Balaban J connectivity index is 1.79. The van der Waals surface area contributed by atoms with Crippen molar-refractivity contribution in [1.82, 2.24) is 10.3 Å². The van der Waals surface area contributed by atoms with Crippen LogP contribution in [-0.2, 0) is 13.2 Å². The Morgan fingerprint density at radius 2 is 2.00 bits per heavy atom. The maximum Gasteiger partial charge on any atom is 0.270 e. The molecule has 2 N–H and O–H groups in total. The van der Waals surface area contributed by atoms with Crippen LogP contribution in [-0.4, -0.2) is 16.0 Å². The van der Waals surface area contributed by atoms with Crippen molar-refractivity contribution in [2.24, 2.45) is 0 Å². The van der Waals surface area contributed by atoms with Gasteiger partial charge in [0, 0.05) is 23.7 Å². The first-order valence-electron chi connectivity index (χ1n) is 7.19. The van der Waals surface area contributed by atoms with Crippen LogP contribution in [0.25, 0.3) is 10.8 Å². The van der Waals surface area contributed by atoms with E-state index in [4.69, 9.17) is 5.11 Å². The number of aliphatic hydroxyl groups excluding tert-OH is 1. The van der Waals surface area contributed by atoms with Gasteiger partial charge < -0.3 is 10.4 Å². The lowest BCUT2D eigenvalue weighted by atomic mass is 10.1. The molecule has 0 aliphatic rings. The van der Waals surface area contributed by atoms with Crippen LogP contribution in [0.5, 0.6) is 0 Å². The molecule has 3 rings (SSSR count). The van der Waals surface area contributed by atoms with Gasteiger partial charge in [-0.3, -0.25) is 9.78 Å². The molecule has 3 aromatic rings. The van der Waals surface area contributed by atoms with Crippen molar-refractivity contribution in [3.8, 4) is 0 Å². The van der Waals surface area contributed by atoms with E-state index in [9.17, 15) is 9.18 Å². The largest absolute Gasteiger partial charge is 0.392 e. The zero-order valence-electron chi connectivity index (χ0n) is 12.3. The number of rotatable bonds is 4. The van der Waals surface area contributed by atoms with Crippen LogP contribution >= 0.6 is 0 Å². The van der Waals surface area contributed by atoms with Gasteiger partial charge in [-0.05, 0) is 29.1 Å². The second-order valence-electron chi connectivity index (χ2n) is 5.15. The third kappa shape index (κ3) is 3.19. The van der Waals surface area contributed by atoms with Gasteiger partial charge >= 0.3 is 0 Å². The van der Waals surface area contributed by atoms with E-state index in [0.717, 1.165) is 10.8 Å². The number of benzene rings is 2. The van der Waals surface area contributed by atoms with Gasteiger partial charge in [0.25, 0.3) is 5.91 Å². The number of amides is 1. The molecule has 0 aliphatic heterocycles. The van der Waals surface area contributed by atoms with E-state index in [0.29, 0.717) is 11.3 Å². The minimum Gasteiger partial charge on any atom is -0.392 e. The second kappa shape index (κ2) is 6.54. The summed E-state index contributed by atoms with van der Waals surface area (Å²) in [5.74, 6) is -0.755. The summed E-state index contributed by atoms with van der Waals surface area (Å²) in [5, 5.41) is 13.6. The number of hydrogen-bond acceptors (Lipinski definition) is 3. The quantitative estimate of drug-likeness (QED) is 0.779. The molecule has 1 amide bonds. The SMILES string of the molecule is O=C(NCc1ccc(F)c(CO)c1)c1nccc2ccccc12. The molecule has 4 nitrogen and oxygen atoms in total. The number of fused-ring (bicyclic) bond motifs is 1. The number of halogens is 1. The van der Waals surface area contributed by atoms with Gasteiger partial charge in [0.2, 0.25) is 0 Å². The third-order valence-electron chi connectivity index (χ3n) is 3.62. The zero-order chi connectivity index (χ0) is 16.2. The molecule has 2 aromatic carbocycles. The molecule has 0 saturated carbocycles. The van der Waals surface area contributed by atoms with E-state index in [-0.39, 0.29) is 24.6 Å². The van der Waals surface area contributed by atoms with Crippen molar-refractivity contribution < 1.29 is 14.3 Å². The highest BCUT2D eigenvalue weighted by Crippen LogP contribution is 2.16. The molecule has 23 heavy (non-hydrogen) atoms. The molecule has 0 fully saturated rings. The van der Waals surface area contributed by atoms with Crippen molar-refractivity contribution in [2.45, 2.75) is 13.2 Å². The van der Waals surface area contributed by atoms with E-state index < -0.39 is 5.82 Å². The molecule has 0 bridgehead atoms. The Bertz CT molecular complexity index is 859. The number of carbonyl (C=O) groups is 1. The van der Waals surface area contributed by atoms with Gasteiger partial charge in [-0.25, -0.2) is 4.39 Å². The maximum absolute atomic E-state index is 13.4. The minimum atomic E-state index is -0.460. The first-order chi connectivity index (χ1) is 11.2. The van der Waals surface area contributed by atoms with Crippen LogP contribution in [0.1, 0.15) is 21.6 Å². The second-order valence-corrected chi connectivity index (χ2v) is 5.15. The Morgan fingerprint density at radius 1 is 1.17 bits per heavy atom. The summed E-state index contributed by atoms with van der Waals surface area (Å²) in [7, 11) is 0. The van der Waals surface area contributed by atoms with Gasteiger partial charge in [0.05, 0.1) is 6.61 Å². The highest BCUT2D eigenvalue weighted by atomic mass is 19.1. The normalized spacial score (nSPS) is 10.7. The van der Waals surface area contributed by atoms with Crippen molar-refractivity contribution in [3.63, 3.8) is 0 Å². The van der Waals surface area contributed by atoms with E-state index in [1.807, 2.05) is 30.3 Å². The highest BCUT2D eigenvalue weighted by Gasteiger charge is 2.11. The summed E-state index contributed by atoms with van der Waals surface area (Å²) in [6, 6.07) is 13.8. The monoisotopic (exact) mass is 310 g/mol. The summed E-state index contributed by atoms with van der Waals surface area (Å²) < 4.78 is 13.4. The van der Waals surface area contributed by atoms with Crippen LogP contribution in [0, 0.1) is 5.82 Å². The number of hydrogen-bond donors (Lipinski definition) is 2. The summed E-state index contributed by atoms with van der Waals surface area (Å²) in [6.45, 7) is -0.143. The highest BCUT2D eigenvalue weighted by molar-refractivity contribution is 6.05. The Kier molecular flexibility index (Phi) is 4.30. The fraction of sp³-hybridized carbons (Fsp3) is 0.111. The predicted octanol–water partition coefficient (Wildman–Crippen LogP) is 2.80. The van der Waals surface area contributed by atoms with Crippen molar-refractivity contribution in [2.75, 3.05) is 0 Å². The van der Waals surface area contributed by atoms with Gasteiger partial charge in [-0.1, -0.05) is 30.3 Å². The average molecular weight is 310 g/mol. The number of nitrogens with zero attached hydrogens (tertiary/aromatic N) is 1. The smallest absolute Gasteiger partial charge is 0.270 e. The summed E-state index contributed by atoms with van der Waals surface area (Å²) in [6.07, 6.45) is 1.60. The first-order valence-corrected chi connectivity index (χ1v) is 7.19. The van der Waals surface area contributed by atoms with Crippen LogP contribution in [0.15, 0.2) is 54.7 Å². The summed E-state index contributed by atoms with van der Waals surface area (Å²) >= 11 is 0. The molecule has 0 radical (unpaired) electrons. The molecule has 1 heterocycles. The topological polar surface area (TPSA) is 62.2 Å². The standard InChI is InChI=1S/C18H15FN2O2/c19-16-6-5-12(9-14(16)11-22)10-21-18(23)17-15-4-2-1-3-13(15)7-8-20-17/h1-9,22H,10-11H2,(H,21,23). The lowest BCUT2D eigenvalue weighted by molar-refractivity contribution is 0.0948. The van der Waals surface area contributed by atoms with Crippen molar-refractivity contribution in [3.05, 3.63) is 77.4 Å². The predicted molar refractivity (Wildman–Crippen MR) is 85.2 cm³/mol. The molecule has 5 heteroatoms. The third-order valence-corrected chi connectivity index (χ3v) is 3.62. The lowest BCUT2D eigenvalue weighted by Crippen LogP contribution is -2.24. The van der Waals surface area contributed by atoms with Crippen LogP contribution in [0.2, 0.25) is 0 Å². The van der Waals surface area contributed by atoms with Gasteiger partial charge in [-0.2, -0.15) is 0 Å². The number of aliphatic hydroxyl groups is 1. The fourth-order valence-electron chi connectivity index (χ4n) is 2.43. The molecular weight excluding hydrogens is 295 g/mol. The van der Waals surface area contributed by atoms with Gasteiger partial charge in [0.15, 0.2) is 0 Å². The van der Waals surface area contributed by atoms with Crippen molar-refractivity contribution >= 4 is 16.7 Å². The molecule has 1 aromatic heterocycles. The summed E-state index contributed by atoms with van der Waals surface area (Å²) in [5.41, 5.74) is 1.27. The molecular formula is C18H15FN2O2. The fourth-order valence-corrected chi connectivity index (χ4v) is 2.43. The van der Waals surface area contributed by atoms with Crippen LogP contribution in [0.3, 0.4) is 0 Å². The van der Waals surface area contributed by atoms with Crippen LogP contribution < -0.4 is 5.32 Å². The zero-order valence-corrected chi connectivity index (χ0v) is 12.3. The maximum atomic E-state index is 13.4. The molecule has 0 unspecified atom stereocenters. The Hall–Kier alpha value is -2.79. The lowest BCUT2D eigenvalue weighted by Gasteiger charge is -2.08. The van der Waals surface area contributed by atoms with E-state index >= 15 is 0 Å². The molecule has 0 saturated heterocycles. The number of pyridine rings is 1. The van der Waals surface area contributed by atoms with Crippen LogP contribution in [0.4, 0.5) is 4.39 Å². The molecule has 116 valence electrons. The van der Waals surface area contributed by atoms with Crippen molar-refractivity contribution in [1.29, 1.82) is 0 Å². The Labute approximate surface area is 132 Å².